The van der Waals surface area contributed by atoms with Gasteiger partial charge in [-0.3, -0.25) is 4.79 Å². The first kappa shape index (κ1) is 18.9. The number of hydrogen-bond acceptors (Lipinski definition) is 4. The lowest BCUT2D eigenvalue weighted by molar-refractivity contribution is -0.113. The van der Waals surface area contributed by atoms with E-state index < -0.39 is 5.82 Å². The van der Waals surface area contributed by atoms with Gasteiger partial charge in [0.2, 0.25) is 0 Å². The molecule has 0 aliphatic heterocycles. The number of allylic oxidation sites excluding steroid dienone is 3. The number of carbonyl (C=O) groups excluding carboxylic acids is 1. The van der Waals surface area contributed by atoms with Crippen LogP contribution >= 0.6 is 0 Å². The SMILES string of the molecule is C=C(/C=C(/C(C)=O)N(C)c1ccc(OC)cc1)c1ccc(C#N)c(F)c1. The minimum Gasteiger partial charge on any atom is -0.497 e. The van der Waals surface area contributed by atoms with E-state index in [-0.39, 0.29) is 11.3 Å². The van der Waals surface area contributed by atoms with E-state index in [0.29, 0.717) is 22.6 Å². The van der Waals surface area contributed by atoms with E-state index in [1.165, 1.54) is 19.1 Å². The first-order valence-corrected chi connectivity index (χ1v) is 7.86. The van der Waals surface area contributed by atoms with Gasteiger partial charge in [0.25, 0.3) is 0 Å². The Morgan fingerprint density at radius 3 is 2.42 bits per heavy atom. The van der Waals surface area contributed by atoms with Crippen molar-refractivity contribution in [2.75, 3.05) is 19.1 Å². The second kappa shape index (κ2) is 8.13. The van der Waals surface area contributed by atoms with Gasteiger partial charge in [-0.05, 0) is 53.6 Å². The van der Waals surface area contributed by atoms with Gasteiger partial charge in [-0.2, -0.15) is 5.26 Å². The third-order valence-electron chi connectivity index (χ3n) is 3.95. The Morgan fingerprint density at radius 2 is 1.92 bits per heavy atom. The zero-order valence-electron chi connectivity index (χ0n) is 14.9. The van der Waals surface area contributed by atoms with Crippen LogP contribution in [0.4, 0.5) is 10.1 Å². The third-order valence-corrected chi connectivity index (χ3v) is 3.95. The van der Waals surface area contributed by atoms with Crippen LogP contribution in [0.3, 0.4) is 0 Å². The van der Waals surface area contributed by atoms with Crippen LogP contribution in [0.1, 0.15) is 18.1 Å². The van der Waals surface area contributed by atoms with Gasteiger partial charge in [0.1, 0.15) is 17.6 Å². The predicted octanol–water partition coefficient (Wildman–Crippen LogP) is 4.33. The van der Waals surface area contributed by atoms with Gasteiger partial charge >= 0.3 is 0 Å². The average molecular weight is 350 g/mol. The number of rotatable bonds is 6. The quantitative estimate of drug-likeness (QED) is 0.575. The lowest BCUT2D eigenvalue weighted by Crippen LogP contribution is -2.21. The molecule has 5 heteroatoms. The summed E-state index contributed by atoms with van der Waals surface area (Å²) in [6.45, 7) is 5.38. The molecule has 0 amide bonds. The highest BCUT2D eigenvalue weighted by Gasteiger charge is 2.13. The molecule has 0 radical (unpaired) electrons. The summed E-state index contributed by atoms with van der Waals surface area (Å²) in [5.74, 6) is -0.0565. The number of Topliss-reactive ketones (excluding diaryl/α,β-unsaturated/α-hetero) is 1. The molecule has 4 nitrogen and oxygen atoms in total. The lowest BCUT2D eigenvalue weighted by Gasteiger charge is -2.21. The summed E-state index contributed by atoms with van der Waals surface area (Å²) in [5, 5.41) is 8.82. The van der Waals surface area contributed by atoms with Crippen LogP contribution in [0.2, 0.25) is 0 Å². The molecule has 2 rings (SSSR count). The number of carbonyl (C=O) groups is 1. The highest BCUT2D eigenvalue weighted by Crippen LogP contribution is 2.24. The van der Waals surface area contributed by atoms with Crippen LogP contribution in [-0.2, 0) is 4.79 Å². The van der Waals surface area contributed by atoms with Crippen LogP contribution in [-0.4, -0.2) is 19.9 Å². The number of ketones is 1. The fourth-order valence-corrected chi connectivity index (χ4v) is 2.43. The number of halogens is 1. The maximum atomic E-state index is 13.8. The number of anilines is 1. The number of nitrogens with zero attached hydrogens (tertiary/aromatic N) is 2. The van der Waals surface area contributed by atoms with Gasteiger partial charge in [0.15, 0.2) is 5.78 Å². The fourth-order valence-electron chi connectivity index (χ4n) is 2.43. The molecule has 2 aromatic rings. The molecule has 0 aliphatic rings. The maximum Gasteiger partial charge on any atom is 0.176 e. The van der Waals surface area contributed by atoms with Crippen LogP contribution < -0.4 is 9.64 Å². The Labute approximate surface area is 152 Å². The van der Waals surface area contributed by atoms with Gasteiger partial charge in [0, 0.05) is 19.7 Å². The van der Waals surface area contributed by atoms with Crippen molar-refractivity contribution in [1.82, 2.24) is 0 Å². The smallest absolute Gasteiger partial charge is 0.176 e. The van der Waals surface area contributed by atoms with Gasteiger partial charge in [0.05, 0.1) is 18.4 Å². The summed E-state index contributed by atoms with van der Waals surface area (Å²) < 4.78 is 19.0. The van der Waals surface area contributed by atoms with Crippen molar-refractivity contribution >= 4 is 17.0 Å². The fraction of sp³-hybridized carbons (Fsp3) is 0.143. The zero-order valence-corrected chi connectivity index (χ0v) is 14.9. The molecular formula is C21H19FN2O2. The molecule has 0 atom stereocenters. The summed E-state index contributed by atoms with van der Waals surface area (Å²) in [5.41, 5.74) is 2.14. The van der Waals surface area contributed by atoms with Gasteiger partial charge in [-0.1, -0.05) is 12.6 Å². The van der Waals surface area contributed by atoms with Gasteiger partial charge in [-0.25, -0.2) is 4.39 Å². The van der Waals surface area contributed by atoms with Gasteiger partial charge < -0.3 is 9.64 Å². The molecule has 0 saturated carbocycles. The summed E-state index contributed by atoms with van der Waals surface area (Å²) >= 11 is 0. The molecule has 0 spiro atoms. The molecule has 0 aliphatic carbocycles. The number of methoxy groups -OCH3 is 1. The van der Waals surface area contributed by atoms with Crippen molar-refractivity contribution in [3.05, 3.63) is 77.8 Å². The van der Waals surface area contributed by atoms with Crippen molar-refractivity contribution in [2.24, 2.45) is 0 Å². The van der Waals surface area contributed by atoms with Crippen molar-refractivity contribution in [1.29, 1.82) is 5.26 Å². The second-order valence-electron chi connectivity index (χ2n) is 5.67. The van der Waals surface area contributed by atoms with Gasteiger partial charge in [-0.15, -0.1) is 0 Å². The Balaban J connectivity index is 2.35. The summed E-state index contributed by atoms with van der Waals surface area (Å²) in [7, 11) is 3.35. The number of benzene rings is 2. The minimum atomic E-state index is -0.618. The molecule has 0 fully saturated rings. The Kier molecular flexibility index (Phi) is 5.92. The topological polar surface area (TPSA) is 53.3 Å². The molecular weight excluding hydrogens is 331 g/mol. The Morgan fingerprint density at radius 1 is 1.27 bits per heavy atom. The van der Waals surface area contributed by atoms with Crippen LogP contribution in [0.5, 0.6) is 5.75 Å². The monoisotopic (exact) mass is 350 g/mol. The highest BCUT2D eigenvalue weighted by atomic mass is 19.1. The van der Waals surface area contributed by atoms with E-state index in [9.17, 15) is 9.18 Å². The van der Waals surface area contributed by atoms with E-state index in [1.54, 1.807) is 49.4 Å². The first-order chi connectivity index (χ1) is 12.4. The van der Waals surface area contributed by atoms with E-state index >= 15 is 0 Å². The molecule has 0 aromatic heterocycles. The van der Waals surface area contributed by atoms with Crippen molar-refractivity contribution < 1.29 is 13.9 Å². The van der Waals surface area contributed by atoms with Crippen molar-refractivity contribution in [3.63, 3.8) is 0 Å². The van der Waals surface area contributed by atoms with E-state index in [2.05, 4.69) is 6.58 Å². The van der Waals surface area contributed by atoms with Crippen LogP contribution in [0.25, 0.3) is 5.57 Å². The molecule has 0 N–H and O–H groups in total. The first-order valence-electron chi connectivity index (χ1n) is 7.86. The maximum absolute atomic E-state index is 13.8. The number of ether oxygens (including phenoxy) is 1. The molecule has 0 bridgehead atoms. The van der Waals surface area contributed by atoms with Crippen LogP contribution in [0.15, 0.2) is 60.8 Å². The zero-order chi connectivity index (χ0) is 19.3. The number of hydrogen-bond donors (Lipinski definition) is 0. The Bertz CT molecular complexity index is 909. The normalized spacial score (nSPS) is 10.8. The predicted molar refractivity (Wildman–Crippen MR) is 100 cm³/mol. The van der Waals surface area contributed by atoms with Crippen molar-refractivity contribution in [3.8, 4) is 11.8 Å². The van der Waals surface area contributed by atoms with E-state index in [1.807, 2.05) is 12.1 Å². The van der Waals surface area contributed by atoms with Crippen molar-refractivity contribution in [2.45, 2.75) is 6.92 Å². The second-order valence-corrected chi connectivity index (χ2v) is 5.67. The summed E-state index contributed by atoms with van der Waals surface area (Å²) in [6, 6.07) is 13.3. The molecule has 0 heterocycles. The molecule has 0 saturated heterocycles. The molecule has 2 aromatic carbocycles. The average Bonchev–Trinajstić information content (AvgIpc) is 2.65. The number of likely N-dealkylation sites (N-methyl/N-ethyl adjacent to an activating group) is 1. The van der Waals surface area contributed by atoms with Crippen LogP contribution in [0, 0.1) is 17.1 Å². The highest BCUT2D eigenvalue weighted by molar-refractivity contribution is 5.99. The number of nitriles is 1. The third kappa shape index (κ3) is 4.17. The lowest BCUT2D eigenvalue weighted by atomic mass is 10.0. The Hall–Kier alpha value is -3.39. The standard InChI is InChI=1S/C21H19FN2O2/c1-14(16-5-6-17(13-23)20(22)12-16)11-21(15(2)25)24(3)18-7-9-19(26-4)10-8-18/h5-12H,1H2,2-4H3/b21-11-. The minimum absolute atomic E-state index is 0.0346. The molecule has 0 unspecified atom stereocenters. The summed E-state index contributed by atoms with van der Waals surface area (Å²) in [4.78, 5) is 13.9. The molecule has 132 valence electrons. The largest absolute Gasteiger partial charge is 0.497 e. The summed E-state index contributed by atoms with van der Waals surface area (Å²) in [6.07, 6.45) is 1.60. The molecule has 26 heavy (non-hydrogen) atoms. The van der Waals surface area contributed by atoms with E-state index in [4.69, 9.17) is 10.00 Å². The van der Waals surface area contributed by atoms with E-state index in [0.717, 1.165) is 5.69 Å².